The van der Waals surface area contributed by atoms with E-state index in [1.807, 2.05) is 35.6 Å². The number of hydrogen-bond donors (Lipinski definition) is 0. The van der Waals surface area contributed by atoms with Crippen LogP contribution in [0.3, 0.4) is 0 Å². The molecule has 0 saturated carbocycles. The SMILES string of the molecule is CCCCN(CCCC)C(=O)Oc1ccc2ccc(OCCCCN3CCN(c4cccc5sccc45)CC3)cc2n1. The highest BCUT2D eigenvalue weighted by molar-refractivity contribution is 7.17. The molecule has 0 atom stereocenters. The lowest BCUT2D eigenvalue weighted by Crippen LogP contribution is -2.46. The van der Waals surface area contributed by atoms with Gasteiger partial charge in [0.1, 0.15) is 5.75 Å². The molecule has 1 aliphatic heterocycles. The van der Waals surface area contributed by atoms with Crippen LogP contribution in [0.4, 0.5) is 10.5 Å². The van der Waals surface area contributed by atoms with E-state index in [0.29, 0.717) is 25.6 Å². The summed E-state index contributed by atoms with van der Waals surface area (Å²) in [5, 5.41) is 4.56. The monoisotopic (exact) mass is 588 g/mol. The van der Waals surface area contributed by atoms with Gasteiger partial charge in [-0.15, -0.1) is 11.3 Å². The Kier molecular flexibility index (Phi) is 10.9. The first-order chi connectivity index (χ1) is 20.6. The second kappa shape index (κ2) is 15.2. The zero-order chi connectivity index (χ0) is 29.1. The van der Waals surface area contributed by atoms with E-state index in [9.17, 15) is 4.79 Å². The first-order valence-electron chi connectivity index (χ1n) is 15.6. The number of unbranched alkanes of at least 4 members (excludes halogenated alkanes) is 3. The fraction of sp³-hybridized carbons (Fsp3) is 0.471. The fourth-order valence-electron chi connectivity index (χ4n) is 5.46. The van der Waals surface area contributed by atoms with Crippen LogP contribution < -0.4 is 14.4 Å². The third-order valence-electron chi connectivity index (χ3n) is 7.97. The van der Waals surface area contributed by atoms with Crippen molar-refractivity contribution in [2.45, 2.75) is 52.4 Å². The van der Waals surface area contributed by atoms with Gasteiger partial charge < -0.3 is 19.3 Å². The first kappa shape index (κ1) is 30.1. The van der Waals surface area contributed by atoms with Gasteiger partial charge in [0.2, 0.25) is 5.88 Å². The molecule has 3 heterocycles. The lowest BCUT2D eigenvalue weighted by atomic mass is 10.2. The van der Waals surface area contributed by atoms with Crippen LogP contribution in [0.5, 0.6) is 11.6 Å². The lowest BCUT2D eigenvalue weighted by molar-refractivity contribution is 0.149. The van der Waals surface area contributed by atoms with Crippen LogP contribution in [0.1, 0.15) is 52.4 Å². The minimum atomic E-state index is -0.322. The molecule has 0 radical (unpaired) electrons. The van der Waals surface area contributed by atoms with Crippen LogP contribution in [-0.4, -0.2) is 73.3 Å². The molecular formula is C34H44N4O3S. The van der Waals surface area contributed by atoms with Crippen molar-refractivity contribution in [3.8, 4) is 11.6 Å². The summed E-state index contributed by atoms with van der Waals surface area (Å²) in [6, 6.07) is 18.5. The zero-order valence-corrected chi connectivity index (χ0v) is 25.9. The lowest BCUT2D eigenvalue weighted by Gasteiger charge is -2.36. The van der Waals surface area contributed by atoms with E-state index in [1.165, 1.54) is 15.8 Å². The number of benzene rings is 2. The van der Waals surface area contributed by atoms with Crippen molar-refractivity contribution in [3.63, 3.8) is 0 Å². The number of anilines is 1. The van der Waals surface area contributed by atoms with E-state index in [2.05, 4.69) is 58.3 Å². The molecule has 0 bridgehead atoms. The second-order valence-corrected chi connectivity index (χ2v) is 12.0. The molecule has 4 aromatic rings. The summed E-state index contributed by atoms with van der Waals surface area (Å²) in [7, 11) is 0. The molecule has 224 valence electrons. The van der Waals surface area contributed by atoms with Gasteiger partial charge in [0.25, 0.3) is 0 Å². The van der Waals surface area contributed by atoms with Gasteiger partial charge in [-0.2, -0.15) is 0 Å². The maximum Gasteiger partial charge on any atom is 0.416 e. The van der Waals surface area contributed by atoms with E-state index in [0.717, 1.165) is 87.9 Å². The third-order valence-corrected chi connectivity index (χ3v) is 8.86. The predicted molar refractivity (Wildman–Crippen MR) is 174 cm³/mol. The molecule has 1 aliphatic rings. The summed E-state index contributed by atoms with van der Waals surface area (Å²) < 4.78 is 13.1. The average molecular weight is 589 g/mol. The van der Waals surface area contributed by atoms with Gasteiger partial charge in [-0.25, -0.2) is 9.78 Å². The first-order valence-corrected chi connectivity index (χ1v) is 16.5. The Labute approximate surface area is 254 Å². The number of aromatic nitrogens is 1. The predicted octanol–water partition coefficient (Wildman–Crippen LogP) is 7.83. The van der Waals surface area contributed by atoms with Crippen LogP contribution in [0.15, 0.2) is 60.0 Å². The van der Waals surface area contributed by atoms with Crippen molar-refractivity contribution < 1.29 is 14.3 Å². The normalized spacial score (nSPS) is 14.0. The average Bonchev–Trinajstić information content (AvgIpc) is 3.50. The Hall–Kier alpha value is -3.36. The van der Waals surface area contributed by atoms with Gasteiger partial charge in [0.15, 0.2) is 0 Å². The molecule has 0 spiro atoms. The maximum absolute atomic E-state index is 12.8. The summed E-state index contributed by atoms with van der Waals surface area (Å²) in [5.74, 6) is 1.12. The fourth-order valence-corrected chi connectivity index (χ4v) is 6.27. The van der Waals surface area contributed by atoms with E-state index in [-0.39, 0.29) is 6.09 Å². The molecule has 7 nitrogen and oxygen atoms in total. The molecule has 0 unspecified atom stereocenters. The molecule has 2 aromatic carbocycles. The topological polar surface area (TPSA) is 58.1 Å². The number of amides is 1. The molecule has 5 rings (SSSR count). The number of fused-ring (bicyclic) bond motifs is 2. The number of piperazine rings is 1. The number of nitrogens with zero attached hydrogens (tertiary/aromatic N) is 4. The van der Waals surface area contributed by atoms with Crippen LogP contribution in [0.25, 0.3) is 21.0 Å². The maximum atomic E-state index is 12.8. The number of rotatable bonds is 14. The van der Waals surface area contributed by atoms with Crippen molar-refractivity contribution in [2.24, 2.45) is 0 Å². The standard InChI is InChI=1S/C34H44N4O3S/c1-3-5-18-38(19-6-4-2)34(39)41-33-15-13-27-12-14-28(26-30(27)35-33)40-24-8-7-17-36-20-22-37(23-21-36)31-10-9-11-32-29(31)16-25-42-32/h9-16,25-26H,3-8,17-24H2,1-2H3. The minimum absolute atomic E-state index is 0.322. The van der Waals surface area contributed by atoms with Crippen molar-refractivity contribution >= 4 is 44.1 Å². The molecule has 1 fully saturated rings. The summed E-state index contributed by atoms with van der Waals surface area (Å²) in [6.07, 6.45) is 5.80. The van der Waals surface area contributed by atoms with E-state index in [4.69, 9.17) is 9.47 Å². The van der Waals surface area contributed by atoms with Crippen LogP contribution in [0.2, 0.25) is 0 Å². The molecule has 1 saturated heterocycles. The van der Waals surface area contributed by atoms with Gasteiger partial charge >= 0.3 is 6.09 Å². The van der Waals surface area contributed by atoms with Crippen molar-refractivity contribution in [2.75, 3.05) is 57.3 Å². The number of carbonyl (C=O) groups is 1. The van der Waals surface area contributed by atoms with Crippen LogP contribution in [-0.2, 0) is 0 Å². The number of carbonyl (C=O) groups excluding carboxylic acids is 1. The Bertz CT molecular complexity index is 1420. The molecular weight excluding hydrogens is 544 g/mol. The summed E-state index contributed by atoms with van der Waals surface area (Å²) in [6.45, 7) is 11.8. The Morgan fingerprint density at radius 2 is 1.71 bits per heavy atom. The molecule has 0 N–H and O–H groups in total. The Morgan fingerprint density at radius 3 is 2.50 bits per heavy atom. The third kappa shape index (κ3) is 7.92. The van der Waals surface area contributed by atoms with Gasteiger partial charge in [-0.1, -0.05) is 32.8 Å². The largest absolute Gasteiger partial charge is 0.494 e. The summed E-state index contributed by atoms with van der Waals surface area (Å²) in [5.41, 5.74) is 2.14. The Balaban J connectivity index is 1.05. The highest BCUT2D eigenvalue weighted by Crippen LogP contribution is 2.31. The van der Waals surface area contributed by atoms with Crippen molar-refractivity contribution in [1.82, 2.24) is 14.8 Å². The molecule has 0 aliphatic carbocycles. The highest BCUT2D eigenvalue weighted by atomic mass is 32.1. The van der Waals surface area contributed by atoms with E-state index in [1.54, 1.807) is 11.0 Å². The summed E-state index contributed by atoms with van der Waals surface area (Å²) in [4.78, 5) is 24.3. The Morgan fingerprint density at radius 1 is 0.929 bits per heavy atom. The molecule has 8 heteroatoms. The van der Waals surface area contributed by atoms with Crippen LogP contribution >= 0.6 is 11.3 Å². The van der Waals surface area contributed by atoms with Crippen molar-refractivity contribution in [3.05, 3.63) is 60.0 Å². The van der Waals surface area contributed by atoms with Gasteiger partial charge in [-0.3, -0.25) is 4.90 Å². The highest BCUT2D eigenvalue weighted by Gasteiger charge is 2.19. The van der Waals surface area contributed by atoms with Gasteiger partial charge in [0, 0.05) is 72.6 Å². The molecule has 42 heavy (non-hydrogen) atoms. The van der Waals surface area contributed by atoms with E-state index >= 15 is 0 Å². The second-order valence-electron chi connectivity index (χ2n) is 11.1. The van der Waals surface area contributed by atoms with Crippen molar-refractivity contribution in [1.29, 1.82) is 0 Å². The van der Waals surface area contributed by atoms with E-state index < -0.39 is 0 Å². The minimum Gasteiger partial charge on any atom is -0.494 e. The zero-order valence-electron chi connectivity index (χ0n) is 25.1. The smallest absolute Gasteiger partial charge is 0.416 e. The number of ether oxygens (including phenoxy) is 2. The van der Waals surface area contributed by atoms with Gasteiger partial charge in [-0.05, 0) is 74.0 Å². The van der Waals surface area contributed by atoms with Crippen LogP contribution in [0, 0.1) is 0 Å². The van der Waals surface area contributed by atoms with Gasteiger partial charge in [0.05, 0.1) is 12.1 Å². The molecule has 2 aromatic heterocycles. The number of hydrogen-bond acceptors (Lipinski definition) is 7. The quantitative estimate of drug-likeness (QED) is 0.140. The molecule has 1 amide bonds. The number of pyridine rings is 1. The number of thiophene rings is 1. The summed E-state index contributed by atoms with van der Waals surface area (Å²) >= 11 is 1.82.